The minimum atomic E-state index is -1.26. The van der Waals surface area contributed by atoms with Crippen molar-refractivity contribution in [1.29, 1.82) is 0 Å². The first-order chi connectivity index (χ1) is 58.9. The molecule has 0 saturated heterocycles. The van der Waals surface area contributed by atoms with Gasteiger partial charge < -0.3 is 18.5 Å². The highest BCUT2D eigenvalue weighted by atomic mass is 35.5. The van der Waals surface area contributed by atoms with Gasteiger partial charge in [0.1, 0.15) is 28.7 Å². The molecule has 0 atom stereocenters. The van der Waals surface area contributed by atoms with Crippen LogP contribution < -0.4 is 0 Å². The number of aromatic nitrogens is 14. The Morgan fingerprint density at radius 3 is 0.992 bits per heavy atom. The monoisotopic (exact) mass is 1650 g/mol. The van der Waals surface area contributed by atoms with Gasteiger partial charge in [-0.05, 0) is 133 Å². The summed E-state index contributed by atoms with van der Waals surface area (Å²) in [5, 5.41) is 2.30. The molecule has 0 aliphatic heterocycles. The van der Waals surface area contributed by atoms with Crippen molar-refractivity contribution in [3.05, 3.63) is 409 Å². The Hall–Kier alpha value is -15.8. The van der Waals surface area contributed by atoms with Gasteiger partial charge in [-0.2, -0.15) is 0 Å². The van der Waals surface area contributed by atoms with Crippen LogP contribution in [0.25, 0.3) is 155 Å². The van der Waals surface area contributed by atoms with Crippen molar-refractivity contribution in [3.63, 3.8) is 0 Å². The average Bonchev–Trinajstić information content (AvgIpc) is 1.58. The lowest BCUT2D eigenvalue weighted by Crippen LogP contribution is -1.96. The summed E-state index contributed by atoms with van der Waals surface area (Å²) in [6, 6.07) is 62.0. The van der Waals surface area contributed by atoms with E-state index in [1.807, 2.05) is 155 Å². The summed E-state index contributed by atoms with van der Waals surface area (Å²) >= 11 is 12.2. The van der Waals surface area contributed by atoms with Crippen molar-refractivity contribution in [1.82, 2.24) is 67.4 Å². The topological polar surface area (TPSA) is 155 Å². The molecule has 20 rings (SSSR count). The number of fused-ring (bicyclic) bond motifs is 5. The minimum Gasteiger partial charge on any atom is -0.362 e. The quantitative estimate of drug-likeness (QED) is 0.0734. The summed E-state index contributed by atoms with van der Waals surface area (Å²) in [7, 11) is 0. The maximum atomic E-state index is 14.2. The van der Waals surface area contributed by atoms with Crippen LogP contribution in [0, 0.1) is 65.5 Å². The summed E-state index contributed by atoms with van der Waals surface area (Å²) in [5.74, 6) is -8.92. The number of rotatable bonds is 10. The van der Waals surface area contributed by atoms with Gasteiger partial charge in [0, 0.05) is 198 Å². The van der Waals surface area contributed by atoms with E-state index in [9.17, 15) is 39.5 Å². The highest BCUT2D eigenvalue weighted by Crippen LogP contribution is 2.40. The normalized spacial score (nSPS) is 10.9. The van der Waals surface area contributed by atoms with Crippen molar-refractivity contribution in [3.8, 4) is 112 Å². The molecular formula is C94H53Cl2F9N16. The maximum Gasteiger partial charge on any atom is 0.254 e. The van der Waals surface area contributed by atoms with E-state index >= 15 is 0 Å². The fourth-order valence-corrected chi connectivity index (χ4v) is 13.9. The van der Waals surface area contributed by atoms with Gasteiger partial charge in [0.25, 0.3) is 11.6 Å². The molecule has 0 bridgehead atoms. The zero-order valence-electron chi connectivity index (χ0n) is 62.4. The molecular weight excluding hydrogens is 1600 g/mol. The van der Waals surface area contributed by atoms with Crippen LogP contribution in [0.3, 0.4) is 0 Å². The SMILES string of the molecule is Clc1cccc(-c2ncccc2-c2ccc3nccn3c2)c1.Fc1cc(F)c(-c2ncccc2-c2ccc3ncccc3c2)cc1F.Fc1cc(F)c(-c2ncccc2-c2ccc3nccn3c2)cc1F.[C-]#[N+]c1cnc2ccc(-c3cccnc3-c3cc(F)c(F)cc3F)cn12.[C-]#[N+]c1cnc2ccc(-c3cccnc3-c3cccc(Cl)c3)cn12. The molecule has 0 unspecified atom stereocenters. The number of halogens is 11. The third-order valence-corrected chi connectivity index (χ3v) is 19.6. The molecule has 0 N–H and O–H groups in total. The molecule has 27 heteroatoms. The van der Waals surface area contributed by atoms with Gasteiger partial charge in [0.2, 0.25) is 11.3 Å². The van der Waals surface area contributed by atoms with Crippen molar-refractivity contribution in [2.24, 2.45) is 0 Å². The first kappa shape index (κ1) is 79.0. The van der Waals surface area contributed by atoms with Gasteiger partial charge >= 0.3 is 0 Å². The van der Waals surface area contributed by atoms with Crippen molar-refractivity contribution in [2.75, 3.05) is 0 Å². The lowest BCUT2D eigenvalue weighted by Gasteiger charge is -2.11. The highest BCUT2D eigenvalue weighted by molar-refractivity contribution is 6.31. The van der Waals surface area contributed by atoms with Crippen LogP contribution in [0.15, 0.2) is 324 Å². The number of pyridine rings is 10. The number of benzene rings is 6. The highest BCUT2D eigenvalue weighted by Gasteiger charge is 2.23. The van der Waals surface area contributed by atoms with Gasteiger partial charge in [-0.15, -0.1) is 0 Å². The zero-order chi connectivity index (χ0) is 83.8. The molecule has 0 aliphatic carbocycles. The van der Waals surface area contributed by atoms with Crippen LogP contribution in [0.1, 0.15) is 0 Å². The Kier molecular flexibility index (Phi) is 22.8. The smallest absolute Gasteiger partial charge is 0.254 e. The van der Waals surface area contributed by atoms with Crippen LogP contribution in [0.2, 0.25) is 10.0 Å². The van der Waals surface area contributed by atoms with E-state index in [1.54, 1.807) is 107 Å². The molecule has 0 saturated carbocycles. The Balaban J connectivity index is 0.000000112. The summed E-state index contributed by atoms with van der Waals surface area (Å²) in [5.41, 5.74) is 16.0. The molecule has 0 amide bonds. The minimum absolute atomic E-state index is 0.0826. The summed E-state index contributed by atoms with van der Waals surface area (Å²) in [6.07, 6.45) is 27.4. The molecule has 0 aliphatic rings. The van der Waals surface area contributed by atoms with Gasteiger partial charge in [-0.3, -0.25) is 29.9 Å². The fourth-order valence-electron chi connectivity index (χ4n) is 13.5. The first-order valence-corrected chi connectivity index (χ1v) is 37.3. The van der Waals surface area contributed by atoms with E-state index in [0.29, 0.717) is 67.8 Å². The van der Waals surface area contributed by atoms with Crippen LogP contribution in [0.4, 0.5) is 51.1 Å². The maximum absolute atomic E-state index is 14.2. The van der Waals surface area contributed by atoms with E-state index in [2.05, 4.69) is 77.9 Å². The lowest BCUT2D eigenvalue weighted by atomic mass is 9.97. The predicted octanol–water partition coefficient (Wildman–Crippen LogP) is 24.9. The second-order valence-corrected chi connectivity index (χ2v) is 27.5. The van der Waals surface area contributed by atoms with E-state index in [4.69, 9.17) is 36.3 Å². The Morgan fingerprint density at radius 2 is 0.595 bits per heavy atom. The van der Waals surface area contributed by atoms with Crippen molar-refractivity contribution in [2.45, 2.75) is 0 Å². The van der Waals surface area contributed by atoms with Crippen molar-refractivity contribution < 1.29 is 39.5 Å². The average molecular weight is 1650 g/mol. The van der Waals surface area contributed by atoms with Gasteiger partial charge in [-0.25, -0.2) is 68.3 Å². The van der Waals surface area contributed by atoms with E-state index in [1.165, 1.54) is 24.8 Å². The molecule has 0 spiro atoms. The molecule has 20 aromatic rings. The Morgan fingerprint density at radius 1 is 0.256 bits per heavy atom. The van der Waals surface area contributed by atoms with Crippen molar-refractivity contribution >= 4 is 68.3 Å². The van der Waals surface area contributed by atoms with E-state index < -0.39 is 52.4 Å². The first-order valence-electron chi connectivity index (χ1n) is 36.6. The molecule has 0 radical (unpaired) electrons. The second kappa shape index (κ2) is 34.9. The molecule has 16 nitrogen and oxygen atoms in total. The second-order valence-electron chi connectivity index (χ2n) is 26.6. The predicted molar refractivity (Wildman–Crippen MR) is 448 cm³/mol. The Labute approximate surface area is 692 Å². The van der Waals surface area contributed by atoms with Crippen LogP contribution in [0.5, 0.6) is 0 Å². The number of hydrogen-bond acceptors (Lipinski definition) is 10. The van der Waals surface area contributed by atoms with Crippen LogP contribution in [-0.2, 0) is 0 Å². The molecule has 121 heavy (non-hydrogen) atoms. The van der Waals surface area contributed by atoms with Gasteiger partial charge in [0.15, 0.2) is 34.9 Å². The van der Waals surface area contributed by atoms with E-state index in [-0.39, 0.29) is 33.8 Å². The number of hydrogen-bond donors (Lipinski definition) is 0. The standard InChI is InChI=1S/C20H11F3N2.C19H11ClN4.C19H9F3N4.C18H12ClN3.C18H10F3N3/c21-16-11-18(23)17(22)10-15(16)20-14(4-2-8-25-20)12-5-6-19-13(9-12)3-1-7-24-19;1-21-18-11-23-17-8-7-14(12-24(17)18)16-6-3-9-22-19(16)13-4-2-5-15(20)10-13;1-23-18-9-25-17-5-4-11(10-26(17)18)12-3-2-6-24-19(12)13-7-15(21)16(22)8-14(13)20;19-15-4-1-3-13(11-15)18-16(5-2-8-21-18)14-6-7-17-20-9-10-22(17)12-14;19-14-9-16(21)15(20)8-13(14)18-12(2-1-5-23-18)11-3-4-17-22-6-7-24(17)10-11/h1-11H;2-12H;2-10H;1-12H;1-10H. The zero-order valence-corrected chi connectivity index (χ0v) is 63.9. The number of imidazole rings is 4. The fraction of sp³-hybridized carbons (Fsp3) is 0. The molecule has 14 heterocycles. The Bertz CT molecular complexity index is 7430. The van der Waals surface area contributed by atoms with Crippen LogP contribution >= 0.6 is 23.2 Å². The summed E-state index contributed by atoms with van der Waals surface area (Å²) in [4.78, 5) is 49.6. The van der Waals surface area contributed by atoms with Gasteiger partial charge in [0.05, 0.1) is 58.8 Å². The third kappa shape index (κ3) is 17.0. The van der Waals surface area contributed by atoms with Gasteiger partial charge in [-0.1, -0.05) is 103 Å². The largest absolute Gasteiger partial charge is 0.362 e. The number of nitrogens with zero attached hydrogens (tertiary/aromatic N) is 16. The summed E-state index contributed by atoms with van der Waals surface area (Å²) in [6.45, 7) is 14.4. The molecule has 0 fully saturated rings. The molecule has 586 valence electrons. The third-order valence-electron chi connectivity index (χ3n) is 19.2. The molecule has 6 aromatic carbocycles. The summed E-state index contributed by atoms with van der Waals surface area (Å²) < 4.78 is 130. The molecule has 14 aromatic heterocycles. The van der Waals surface area contributed by atoms with Crippen LogP contribution in [-0.4, -0.2) is 67.4 Å². The van der Waals surface area contributed by atoms with E-state index in [0.717, 1.165) is 102 Å². The lowest BCUT2D eigenvalue weighted by molar-refractivity contribution is 0.496.